The van der Waals surface area contributed by atoms with Crippen molar-refractivity contribution in [2.45, 2.75) is 37.0 Å². The average molecular weight is 759 g/mol. The number of rotatable bonds is 11. The second kappa shape index (κ2) is 17.2. The van der Waals surface area contributed by atoms with E-state index in [1.165, 1.54) is 37.1 Å². The van der Waals surface area contributed by atoms with Crippen LogP contribution in [0.15, 0.2) is 120 Å². The molecule has 3 N–H and O–H groups in total. The maximum Gasteiger partial charge on any atom is 0.341 e. The van der Waals surface area contributed by atoms with Crippen LogP contribution in [0, 0.1) is 6.92 Å². The van der Waals surface area contributed by atoms with Crippen molar-refractivity contribution in [3.63, 3.8) is 0 Å². The van der Waals surface area contributed by atoms with Crippen LogP contribution in [0.2, 0.25) is 0 Å². The molecule has 54 heavy (non-hydrogen) atoms. The summed E-state index contributed by atoms with van der Waals surface area (Å²) in [6, 6.07) is 32.6. The Morgan fingerprint density at radius 3 is 2.30 bits per heavy atom. The molecule has 0 radical (unpaired) electrons. The van der Waals surface area contributed by atoms with Crippen LogP contribution >= 0.6 is 23.1 Å². The smallest absolute Gasteiger partial charge is 0.341 e. The largest absolute Gasteiger partial charge is 0.465 e. The van der Waals surface area contributed by atoms with Crippen molar-refractivity contribution in [2.24, 2.45) is 0 Å². The number of amides is 4. The van der Waals surface area contributed by atoms with Gasteiger partial charge in [0.1, 0.15) is 15.9 Å². The van der Waals surface area contributed by atoms with Crippen molar-refractivity contribution in [2.75, 3.05) is 24.3 Å². The van der Waals surface area contributed by atoms with Crippen LogP contribution in [0.4, 0.5) is 10.7 Å². The summed E-state index contributed by atoms with van der Waals surface area (Å²) < 4.78 is 5.11. The lowest BCUT2D eigenvalue weighted by atomic mass is 10.0. The Labute approximate surface area is 321 Å². The molecule has 10 nitrogen and oxygen atoms in total. The molecule has 1 aliphatic rings. The molecular formula is C42H38N4O6S2. The number of thioether (sulfide) groups is 1. The van der Waals surface area contributed by atoms with Gasteiger partial charge in [0.05, 0.1) is 19.2 Å². The number of methoxy groups -OCH3 is 1. The van der Waals surface area contributed by atoms with E-state index >= 15 is 0 Å². The van der Waals surface area contributed by atoms with Crippen molar-refractivity contribution in [3.05, 3.63) is 153 Å². The van der Waals surface area contributed by atoms with Gasteiger partial charge in [-0.1, -0.05) is 84.4 Å². The van der Waals surface area contributed by atoms with Crippen LogP contribution in [-0.2, 0) is 32.1 Å². The molecule has 0 spiro atoms. The number of nitrogens with zero attached hydrogens (tertiary/aromatic N) is 1. The molecule has 0 saturated carbocycles. The van der Waals surface area contributed by atoms with Gasteiger partial charge in [-0.05, 0) is 66.4 Å². The zero-order valence-electron chi connectivity index (χ0n) is 29.9. The van der Waals surface area contributed by atoms with Crippen LogP contribution in [-0.4, -0.2) is 48.2 Å². The van der Waals surface area contributed by atoms with Gasteiger partial charge in [-0.2, -0.15) is 0 Å². The number of nitrogens with one attached hydrogen (secondary N) is 3. The first kappa shape index (κ1) is 37.8. The van der Waals surface area contributed by atoms with Crippen LogP contribution in [0.3, 0.4) is 0 Å². The third kappa shape index (κ3) is 9.14. The molecule has 1 aromatic heterocycles. The maximum atomic E-state index is 14.2. The fourth-order valence-electron chi connectivity index (χ4n) is 6.01. The van der Waals surface area contributed by atoms with E-state index in [4.69, 9.17) is 4.74 Å². The molecule has 12 heteroatoms. The monoisotopic (exact) mass is 758 g/mol. The van der Waals surface area contributed by atoms with Gasteiger partial charge >= 0.3 is 5.97 Å². The first-order valence-electron chi connectivity index (χ1n) is 17.2. The van der Waals surface area contributed by atoms with E-state index in [1.54, 1.807) is 53.4 Å². The summed E-state index contributed by atoms with van der Waals surface area (Å²) in [5, 5.41) is 8.30. The van der Waals surface area contributed by atoms with Crippen LogP contribution in [0.25, 0.3) is 6.08 Å². The van der Waals surface area contributed by atoms with Crippen molar-refractivity contribution in [1.29, 1.82) is 0 Å². The molecule has 4 aromatic carbocycles. The van der Waals surface area contributed by atoms with E-state index in [2.05, 4.69) is 16.0 Å². The Balaban J connectivity index is 1.25. The number of esters is 1. The standard InChI is InChI=1S/C42H38N4O6S2/c1-26-12-10-13-28(22-26)23-34(44-38(48)30-16-8-5-9-17-30)39(49)43-31-18-11-19-32(24-31)53-37(29-14-6-4-7-15-29)40(50)45-41-36(42(51)52-3)33-20-21-46(27(2)47)25-35(33)54-41/h4-19,22-24,37H,20-21,25H2,1-3H3,(H,43,49)(H,44,48)(H,45,50)/b34-23+. The van der Waals surface area contributed by atoms with Crippen molar-refractivity contribution in [3.8, 4) is 0 Å². The molecule has 1 atom stereocenters. The molecule has 5 aromatic rings. The number of fused-ring (bicyclic) bond motifs is 1. The maximum absolute atomic E-state index is 14.2. The van der Waals surface area contributed by atoms with Crippen molar-refractivity contribution in [1.82, 2.24) is 10.2 Å². The Kier molecular flexibility index (Phi) is 12.1. The highest BCUT2D eigenvalue weighted by atomic mass is 32.2. The van der Waals surface area contributed by atoms with Crippen LogP contribution < -0.4 is 16.0 Å². The zero-order valence-corrected chi connectivity index (χ0v) is 31.5. The predicted octanol–water partition coefficient (Wildman–Crippen LogP) is 7.63. The first-order chi connectivity index (χ1) is 26.1. The fraction of sp³-hybridized carbons (Fsp3) is 0.167. The van der Waals surface area contributed by atoms with Gasteiger partial charge < -0.3 is 25.6 Å². The minimum Gasteiger partial charge on any atom is -0.465 e. The van der Waals surface area contributed by atoms with Gasteiger partial charge in [0.2, 0.25) is 11.8 Å². The number of thiophene rings is 1. The number of carbonyl (C=O) groups excluding carboxylic acids is 5. The Morgan fingerprint density at radius 1 is 0.870 bits per heavy atom. The van der Waals surface area contributed by atoms with Gasteiger partial charge in [0.25, 0.3) is 11.8 Å². The minimum atomic E-state index is -0.752. The van der Waals surface area contributed by atoms with Gasteiger partial charge in [-0.15, -0.1) is 23.1 Å². The number of hydrogen-bond donors (Lipinski definition) is 3. The van der Waals surface area contributed by atoms with Gasteiger partial charge in [-0.3, -0.25) is 19.2 Å². The number of ether oxygens (including phenoxy) is 1. The lowest BCUT2D eigenvalue weighted by molar-refractivity contribution is -0.129. The summed E-state index contributed by atoms with van der Waals surface area (Å²) in [6.45, 7) is 4.27. The highest BCUT2D eigenvalue weighted by Gasteiger charge is 2.32. The second-order valence-corrected chi connectivity index (χ2v) is 14.8. The quantitative estimate of drug-likeness (QED) is 0.0717. The first-order valence-corrected chi connectivity index (χ1v) is 18.9. The summed E-state index contributed by atoms with van der Waals surface area (Å²) in [5.41, 5.74) is 4.48. The van der Waals surface area contributed by atoms with Gasteiger partial charge in [-0.25, -0.2) is 4.79 Å². The predicted molar refractivity (Wildman–Crippen MR) is 212 cm³/mol. The summed E-state index contributed by atoms with van der Waals surface area (Å²) in [6.07, 6.45) is 2.10. The third-order valence-corrected chi connectivity index (χ3v) is 11.1. The Hall–Kier alpha value is -5.98. The molecule has 6 rings (SSSR count). The van der Waals surface area contributed by atoms with Gasteiger partial charge in [0, 0.05) is 34.5 Å². The molecule has 0 bridgehead atoms. The lowest BCUT2D eigenvalue weighted by Gasteiger charge is -2.25. The fourth-order valence-corrected chi connectivity index (χ4v) is 8.35. The SMILES string of the molecule is COC(=O)c1c(NC(=O)C(Sc2cccc(NC(=O)/C(=C\c3cccc(C)c3)NC(=O)c3ccccc3)c2)c2ccccc2)sc2c1CCN(C(C)=O)C2. The van der Waals surface area contributed by atoms with Gasteiger partial charge in [0.15, 0.2) is 0 Å². The Bertz CT molecular complexity index is 2240. The number of carbonyl (C=O) groups is 5. The summed E-state index contributed by atoms with van der Waals surface area (Å²) >= 11 is 2.55. The number of anilines is 2. The summed E-state index contributed by atoms with van der Waals surface area (Å²) in [5.74, 6) is -1.93. The minimum absolute atomic E-state index is 0.0560. The van der Waals surface area contributed by atoms with E-state index in [-0.39, 0.29) is 17.5 Å². The zero-order chi connectivity index (χ0) is 38.2. The third-order valence-electron chi connectivity index (χ3n) is 8.70. The molecule has 274 valence electrons. The number of hydrogen-bond acceptors (Lipinski definition) is 8. The number of benzene rings is 4. The molecule has 0 fully saturated rings. The molecule has 4 amide bonds. The molecule has 2 heterocycles. The summed E-state index contributed by atoms with van der Waals surface area (Å²) in [7, 11) is 1.30. The molecule has 0 saturated heterocycles. The molecule has 1 unspecified atom stereocenters. The lowest BCUT2D eigenvalue weighted by Crippen LogP contribution is -2.33. The molecule has 1 aliphatic heterocycles. The van der Waals surface area contributed by atoms with Crippen LogP contribution in [0.1, 0.15) is 60.0 Å². The average Bonchev–Trinajstić information content (AvgIpc) is 3.54. The van der Waals surface area contributed by atoms with Crippen molar-refractivity contribution >= 4 is 69.5 Å². The highest BCUT2D eigenvalue weighted by Crippen LogP contribution is 2.41. The van der Waals surface area contributed by atoms with E-state index in [1.807, 2.05) is 73.7 Å². The topological polar surface area (TPSA) is 134 Å². The van der Waals surface area contributed by atoms with E-state index in [0.717, 1.165) is 27.1 Å². The van der Waals surface area contributed by atoms with Crippen molar-refractivity contribution < 1.29 is 28.7 Å². The molecular weight excluding hydrogens is 721 g/mol. The molecule has 0 aliphatic carbocycles. The van der Waals surface area contributed by atoms with E-state index < -0.39 is 23.0 Å². The van der Waals surface area contributed by atoms with E-state index in [9.17, 15) is 24.0 Å². The second-order valence-electron chi connectivity index (χ2n) is 12.6. The van der Waals surface area contributed by atoms with Crippen LogP contribution in [0.5, 0.6) is 0 Å². The summed E-state index contributed by atoms with van der Waals surface area (Å²) in [4.78, 5) is 69.4. The normalized spacial score (nSPS) is 12.9. The highest BCUT2D eigenvalue weighted by molar-refractivity contribution is 8.00. The number of aryl methyl sites for hydroxylation is 1. The Morgan fingerprint density at radius 2 is 1.59 bits per heavy atom. The van der Waals surface area contributed by atoms with E-state index in [0.29, 0.717) is 46.2 Å².